The van der Waals surface area contributed by atoms with Crippen LogP contribution in [0.25, 0.3) is 0 Å². The Morgan fingerprint density at radius 3 is 2.50 bits per heavy atom. The Kier molecular flexibility index (Phi) is 5.54. The molecule has 0 bridgehead atoms. The van der Waals surface area contributed by atoms with Crippen molar-refractivity contribution in [2.45, 2.75) is 56.4 Å². The summed E-state index contributed by atoms with van der Waals surface area (Å²) in [5.74, 6) is -2.49. The first-order chi connectivity index (χ1) is 12.3. The molecule has 0 unspecified atom stereocenters. The van der Waals surface area contributed by atoms with Crippen LogP contribution in [0.1, 0.15) is 13.3 Å². The molecule has 2 aliphatic heterocycles. The van der Waals surface area contributed by atoms with Crippen molar-refractivity contribution < 1.29 is 49.6 Å². The van der Waals surface area contributed by atoms with Gasteiger partial charge in [-0.15, -0.1) is 0 Å². The Morgan fingerprint density at radius 2 is 1.88 bits per heavy atom. The number of carboxylic acid groups (broad SMARTS) is 1. The van der Waals surface area contributed by atoms with Gasteiger partial charge in [0.1, 0.15) is 24.4 Å². The second-order valence-electron chi connectivity index (χ2n) is 7.06. The van der Waals surface area contributed by atoms with Gasteiger partial charge < -0.3 is 44.8 Å². The molecule has 0 amide bonds. The molecule has 0 aromatic rings. The third-order valence-electron chi connectivity index (χ3n) is 5.58. The minimum Gasteiger partial charge on any atom is -0.478 e. The molecule has 1 saturated heterocycles. The number of aliphatic carboxylic acids is 1. The number of aliphatic hydroxyl groups is 5. The van der Waals surface area contributed by atoms with Gasteiger partial charge in [-0.3, -0.25) is 0 Å². The van der Waals surface area contributed by atoms with Crippen LogP contribution in [0.2, 0.25) is 0 Å². The third-order valence-corrected chi connectivity index (χ3v) is 5.58. The highest BCUT2D eigenvalue weighted by atomic mass is 16.8. The fourth-order valence-electron chi connectivity index (χ4n) is 3.99. The number of hydrogen-bond donors (Lipinski definition) is 6. The maximum absolute atomic E-state index is 11.4. The van der Waals surface area contributed by atoms with Crippen molar-refractivity contribution in [2.24, 2.45) is 17.8 Å². The molecule has 6 N–H and O–H groups in total. The summed E-state index contributed by atoms with van der Waals surface area (Å²) in [5.41, 5.74) is 0.0343. The molecule has 26 heavy (non-hydrogen) atoms. The van der Waals surface area contributed by atoms with Crippen LogP contribution in [0, 0.1) is 17.8 Å². The Hall–Kier alpha value is -1.27. The summed E-state index contributed by atoms with van der Waals surface area (Å²) >= 11 is 0. The maximum Gasteiger partial charge on any atom is 0.334 e. The average Bonchev–Trinajstić information content (AvgIpc) is 2.90. The third kappa shape index (κ3) is 3.22. The Bertz CT molecular complexity index is 563. The zero-order valence-electron chi connectivity index (χ0n) is 14.1. The number of rotatable bonds is 4. The van der Waals surface area contributed by atoms with Crippen LogP contribution in [0.3, 0.4) is 0 Å². The Balaban J connectivity index is 1.79. The van der Waals surface area contributed by atoms with Crippen molar-refractivity contribution in [2.75, 3.05) is 6.61 Å². The minimum absolute atomic E-state index is 0.0343. The molecule has 1 aliphatic carbocycles. The highest BCUT2D eigenvalue weighted by Gasteiger charge is 2.53. The van der Waals surface area contributed by atoms with Crippen molar-refractivity contribution in [3.05, 3.63) is 11.8 Å². The number of carboxylic acids is 1. The molecule has 0 aromatic carbocycles. The van der Waals surface area contributed by atoms with Gasteiger partial charge in [0.2, 0.25) is 6.29 Å². The van der Waals surface area contributed by atoms with Crippen LogP contribution in [-0.2, 0) is 19.0 Å². The van der Waals surface area contributed by atoms with E-state index in [2.05, 4.69) is 0 Å². The minimum atomic E-state index is -1.60. The van der Waals surface area contributed by atoms with E-state index in [-0.39, 0.29) is 17.9 Å². The van der Waals surface area contributed by atoms with Gasteiger partial charge in [-0.05, 0) is 12.3 Å². The fourth-order valence-corrected chi connectivity index (χ4v) is 3.99. The largest absolute Gasteiger partial charge is 0.478 e. The maximum atomic E-state index is 11.4. The summed E-state index contributed by atoms with van der Waals surface area (Å²) in [6.45, 7) is 1.15. The summed E-state index contributed by atoms with van der Waals surface area (Å²) in [6.07, 6.45) is -7.71. The number of carbonyl (C=O) groups is 1. The van der Waals surface area contributed by atoms with E-state index in [1.807, 2.05) is 0 Å². The predicted octanol–water partition coefficient (Wildman–Crippen LogP) is -2.24. The molecule has 0 spiro atoms. The Labute approximate surface area is 149 Å². The molecule has 2 fully saturated rings. The zero-order chi connectivity index (χ0) is 19.2. The van der Waals surface area contributed by atoms with Crippen LogP contribution >= 0.6 is 0 Å². The van der Waals surface area contributed by atoms with Crippen molar-refractivity contribution in [1.82, 2.24) is 0 Å². The standard InChI is InChI=1S/C16H24O10/c1-5-8(18)2-6-7(14(22)23)4-24-15(10(5)6)26-16-13(21)12(20)11(19)9(3-17)25-16/h4-6,8-13,15-21H,2-3H2,1H3,(H,22,23)/t5-,6+,8+,9+,10+,11+,12-,13+,15-,16-/m0/s1. The summed E-state index contributed by atoms with van der Waals surface area (Å²) in [7, 11) is 0. The van der Waals surface area contributed by atoms with Crippen LogP contribution in [0.15, 0.2) is 11.8 Å². The van der Waals surface area contributed by atoms with E-state index in [0.717, 1.165) is 6.26 Å². The molecule has 10 atom stereocenters. The molecular weight excluding hydrogens is 352 g/mol. The Morgan fingerprint density at radius 1 is 1.19 bits per heavy atom. The van der Waals surface area contributed by atoms with Crippen molar-refractivity contribution in [3.8, 4) is 0 Å². The van der Waals surface area contributed by atoms with Crippen molar-refractivity contribution in [3.63, 3.8) is 0 Å². The van der Waals surface area contributed by atoms with E-state index < -0.39 is 67.5 Å². The number of hydrogen-bond acceptors (Lipinski definition) is 9. The van der Waals surface area contributed by atoms with Crippen LogP contribution < -0.4 is 0 Å². The van der Waals surface area contributed by atoms with E-state index in [1.54, 1.807) is 6.92 Å². The molecule has 1 saturated carbocycles. The molecule has 0 radical (unpaired) electrons. The van der Waals surface area contributed by atoms with E-state index in [9.17, 15) is 35.4 Å². The quantitative estimate of drug-likeness (QED) is 0.316. The zero-order valence-corrected chi connectivity index (χ0v) is 14.1. The predicted molar refractivity (Wildman–Crippen MR) is 82.2 cm³/mol. The highest BCUT2D eigenvalue weighted by molar-refractivity contribution is 5.87. The molecule has 3 rings (SSSR count). The van der Waals surface area contributed by atoms with Crippen LogP contribution in [-0.4, -0.2) is 86.3 Å². The van der Waals surface area contributed by atoms with Crippen LogP contribution in [0.4, 0.5) is 0 Å². The second kappa shape index (κ2) is 7.39. The molecule has 3 aliphatic rings. The van der Waals surface area contributed by atoms with Gasteiger partial charge >= 0.3 is 5.97 Å². The second-order valence-corrected chi connectivity index (χ2v) is 7.06. The van der Waals surface area contributed by atoms with E-state index in [4.69, 9.17) is 14.2 Å². The summed E-state index contributed by atoms with van der Waals surface area (Å²) in [5, 5.41) is 58.5. The summed E-state index contributed by atoms with van der Waals surface area (Å²) in [4.78, 5) is 11.4. The fraction of sp³-hybridized carbons (Fsp3) is 0.812. The molecule has 2 heterocycles. The molecule has 10 nitrogen and oxygen atoms in total. The van der Waals surface area contributed by atoms with Gasteiger partial charge in [0.15, 0.2) is 6.29 Å². The lowest BCUT2D eigenvalue weighted by Gasteiger charge is -2.43. The average molecular weight is 376 g/mol. The van der Waals surface area contributed by atoms with Crippen LogP contribution in [0.5, 0.6) is 0 Å². The molecule has 10 heteroatoms. The topological polar surface area (TPSA) is 166 Å². The summed E-state index contributed by atoms with van der Waals surface area (Å²) in [6, 6.07) is 0. The lowest BCUT2D eigenvalue weighted by molar-refractivity contribution is -0.342. The van der Waals surface area contributed by atoms with Gasteiger partial charge in [-0.1, -0.05) is 6.92 Å². The summed E-state index contributed by atoms with van der Waals surface area (Å²) < 4.78 is 16.3. The van der Waals surface area contributed by atoms with E-state index >= 15 is 0 Å². The first kappa shape index (κ1) is 19.5. The number of aliphatic hydroxyl groups excluding tert-OH is 5. The van der Waals surface area contributed by atoms with E-state index in [1.165, 1.54) is 0 Å². The first-order valence-corrected chi connectivity index (χ1v) is 8.49. The van der Waals surface area contributed by atoms with Gasteiger partial charge in [-0.2, -0.15) is 0 Å². The highest BCUT2D eigenvalue weighted by Crippen LogP contribution is 2.47. The van der Waals surface area contributed by atoms with E-state index in [0.29, 0.717) is 0 Å². The lowest BCUT2D eigenvalue weighted by Crippen LogP contribution is -2.60. The monoisotopic (exact) mass is 376 g/mol. The van der Waals surface area contributed by atoms with Gasteiger partial charge in [0.25, 0.3) is 0 Å². The normalized spacial score (nSPS) is 48.5. The van der Waals surface area contributed by atoms with Gasteiger partial charge in [0.05, 0.1) is 24.5 Å². The van der Waals surface area contributed by atoms with Crippen molar-refractivity contribution >= 4 is 5.97 Å². The molecule has 148 valence electrons. The smallest absolute Gasteiger partial charge is 0.334 e. The van der Waals surface area contributed by atoms with Gasteiger partial charge in [-0.25, -0.2) is 4.79 Å². The molecule has 0 aromatic heterocycles. The van der Waals surface area contributed by atoms with Crippen molar-refractivity contribution in [1.29, 1.82) is 0 Å². The molecular formula is C16H24O10. The number of ether oxygens (including phenoxy) is 3. The lowest BCUT2D eigenvalue weighted by atomic mass is 9.83. The van der Waals surface area contributed by atoms with Gasteiger partial charge in [0, 0.05) is 11.8 Å². The number of fused-ring (bicyclic) bond motifs is 1. The first-order valence-electron chi connectivity index (χ1n) is 8.49. The SMILES string of the molecule is C[C@@H]1[C@H]2[C@H](O[C@@H]3O[C@H](CO)[C@@H](O)[C@H](O)[C@H]3O)OC=C(C(=O)O)[C@H]2C[C@H]1O.